The van der Waals surface area contributed by atoms with E-state index in [2.05, 4.69) is 15.5 Å². The minimum absolute atomic E-state index is 0.108. The highest BCUT2D eigenvalue weighted by molar-refractivity contribution is 8.00. The molecule has 2 unspecified atom stereocenters. The molecule has 4 aromatic rings. The second-order valence-electron chi connectivity index (χ2n) is 7.56. The summed E-state index contributed by atoms with van der Waals surface area (Å²) in [5.74, 6) is 1.98. The molecule has 1 amide bonds. The number of rotatable bonds is 9. The van der Waals surface area contributed by atoms with Crippen LogP contribution in [-0.2, 0) is 4.79 Å². The maximum Gasteiger partial charge on any atom is 0.237 e. The van der Waals surface area contributed by atoms with E-state index in [1.807, 2.05) is 103 Å². The number of para-hydroxylation sites is 2. The normalized spacial score (nSPS) is 12.6. The van der Waals surface area contributed by atoms with Gasteiger partial charge in [-0.05, 0) is 62.4 Å². The lowest BCUT2D eigenvalue weighted by atomic mass is 10.3. The average molecular weight is 475 g/mol. The molecule has 7 nitrogen and oxygen atoms in total. The van der Waals surface area contributed by atoms with Crippen molar-refractivity contribution in [3.63, 3.8) is 0 Å². The minimum Gasteiger partial charge on any atom is -0.497 e. The number of carbonyl (C=O) groups is 1. The number of methoxy groups -OCH3 is 1. The quantitative estimate of drug-likeness (QED) is 0.321. The van der Waals surface area contributed by atoms with Crippen LogP contribution in [0.3, 0.4) is 0 Å². The van der Waals surface area contributed by atoms with Crippen LogP contribution in [0.4, 0.5) is 5.69 Å². The topological polar surface area (TPSA) is 78.3 Å². The largest absolute Gasteiger partial charge is 0.497 e. The predicted molar refractivity (Wildman–Crippen MR) is 134 cm³/mol. The molecule has 34 heavy (non-hydrogen) atoms. The first-order valence-electron chi connectivity index (χ1n) is 10.9. The van der Waals surface area contributed by atoms with Gasteiger partial charge in [0, 0.05) is 11.4 Å². The Morgan fingerprint density at radius 2 is 1.50 bits per heavy atom. The van der Waals surface area contributed by atoms with Crippen molar-refractivity contribution in [2.24, 2.45) is 0 Å². The molecule has 0 aliphatic carbocycles. The van der Waals surface area contributed by atoms with Gasteiger partial charge in [0.05, 0.1) is 12.4 Å². The van der Waals surface area contributed by atoms with Crippen molar-refractivity contribution in [1.82, 2.24) is 14.8 Å². The Hall–Kier alpha value is -3.78. The summed E-state index contributed by atoms with van der Waals surface area (Å²) in [7, 11) is 1.63. The molecule has 0 saturated carbocycles. The Bertz CT molecular complexity index is 1210. The van der Waals surface area contributed by atoms with E-state index < -0.39 is 5.25 Å². The molecule has 0 spiro atoms. The van der Waals surface area contributed by atoms with Crippen LogP contribution in [-0.4, -0.2) is 33.0 Å². The van der Waals surface area contributed by atoms with Crippen LogP contribution in [0.5, 0.6) is 11.5 Å². The highest BCUT2D eigenvalue weighted by Crippen LogP contribution is 2.30. The third-order valence-corrected chi connectivity index (χ3v) is 6.14. The zero-order valence-corrected chi connectivity index (χ0v) is 20.0. The van der Waals surface area contributed by atoms with Crippen molar-refractivity contribution in [2.45, 2.75) is 30.4 Å². The molecule has 174 valence electrons. The molecular formula is C26H26N4O3S. The van der Waals surface area contributed by atoms with Crippen molar-refractivity contribution < 1.29 is 14.3 Å². The van der Waals surface area contributed by atoms with Gasteiger partial charge in [0.1, 0.15) is 11.5 Å². The molecule has 0 bridgehead atoms. The Morgan fingerprint density at radius 3 is 2.15 bits per heavy atom. The zero-order valence-electron chi connectivity index (χ0n) is 19.2. The van der Waals surface area contributed by atoms with Crippen LogP contribution < -0.4 is 14.8 Å². The van der Waals surface area contributed by atoms with Gasteiger partial charge in [-0.3, -0.25) is 9.36 Å². The smallest absolute Gasteiger partial charge is 0.237 e. The fourth-order valence-electron chi connectivity index (χ4n) is 3.33. The third-order valence-electron chi connectivity index (χ3n) is 5.10. The van der Waals surface area contributed by atoms with Gasteiger partial charge < -0.3 is 14.8 Å². The number of aromatic nitrogens is 3. The summed E-state index contributed by atoms with van der Waals surface area (Å²) in [6.45, 7) is 3.78. The molecule has 0 fully saturated rings. The zero-order chi connectivity index (χ0) is 23.9. The summed E-state index contributed by atoms with van der Waals surface area (Å²) < 4.78 is 13.3. The van der Waals surface area contributed by atoms with Crippen molar-refractivity contribution in [1.29, 1.82) is 0 Å². The van der Waals surface area contributed by atoms with Crippen LogP contribution in [0, 0.1) is 0 Å². The molecule has 1 heterocycles. The van der Waals surface area contributed by atoms with Crippen LogP contribution in [0.15, 0.2) is 90.1 Å². The van der Waals surface area contributed by atoms with E-state index in [4.69, 9.17) is 9.47 Å². The van der Waals surface area contributed by atoms with E-state index >= 15 is 0 Å². The number of hydrogen-bond acceptors (Lipinski definition) is 6. The number of hydrogen-bond donors (Lipinski definition) is 1. The van der Waals surface area contributed by atoms with Crippen LogP contribution in [0.25, 0.3) is 5.69 Å². The number of benzene rings is 3. The Kier molecular flexibility index (Phi) is 7.49. The van der Waals surface area contributed by atoms with Gasteiger partial charge in [0.2, 0.25) is 5.91 Å². The molecule has 1 aromatic heterocycles. The summed E-state index contributed by atoms with van der Waals surface area (Å²) in [6.07, 6.45) is -0.385. The highest BCUT2D eigenvalue weighted by atomic mass is 32.2. The fourth-order valence-corrected chi connectivity index (χ4v) is 4.20. The Labute approximate surface area is 203 Å². The number of nitrogens with one attached hydrogen (secondary N) is 1. The molecule has 3 aromatic carbocycles. The lowest BCUT2D eigenvalue weighted by molar-refractivity contribution is -0.115. The molecule has 8 heteroatoms. The monoisotopic (exact) mass is 474 g/mol. The summed E-state index contributed by atoms with van der Waals surface area (Å²) in [5.41, 5.74) is 1.65. The van der Waals surface area contributed by atoms with Gasteiger partial charge in [0.15, 0.2) is 17.1 Å². The van der Waals surface area contributed by atoms with Gasteiger partial charge in [-0.2, -0.15) is 0 Å². The molecule has 4 rings (SSSR count). The molecule has 1 N–H and O–H groups in total. The fraction of sp³-hybridized carbons (Fsp3) is 0.192. The molecule has 0 aliphatic rings. The number of nitrogens with zero attached hydrogens (tertiary/aromatic N) is 3. The third kappa shape index (κ3) is 5.58. The second kappa shape index (κ2) is 10.9. The summed E-state index contributed by atoms with van der Waals surface area (Å²) in [4.78, 5) is 12.8. The average Bonchev–Trinajstić information content (AvgIpc) is 3.29. The summed E-state index contributed by atoms with van der Waals surface area (Å²) >= 11 is 1.35. The molecule has 0 saturated heterocycles. The molecule has 0 radical (unpaired) electrons. The first kappa shape index (κ1) is 23.4. The number of thioether (sulfide) groups is 1. The number of ether oxygens (including phenoxy) is 2. The van der Waals surface area contributed by atoms with E-state index in [0.29, 0.717) is 16.7 Å². The van der Waals surface area contributed by atoms with E-state index in [1.54, 1.807) is 7.11 Å². The number of anilines is 1. The van der Waals surface area contributed by atoms with E-state index in [1.165, 1.54) is 11.8 Å². The first-order valence-corrected chi connectivity index (χ1v) is 11.8. The maximum atomic E-state index is 12.8. The van der Waals surface area contributed by atoms with Crippen molar-refractivity contribution >= 4 is 23.4 Å². The van der Waals surface area contributed by atoms with Crippen molar-refractivity contribution in [3.05, 3.63) is 90.8 Å². The van der Waals surface area contributed by atoms with Crippen LogP contribution in [0.1, 0.15) is 25.8 Å². The van der Waals surface area contributed by atoms with Gasteiger partial charge >= 0.3 is 0 Å². The van der Waals surface area contributed by atoms with Crippen LogP contribution >= 0.6 is 11.8 Å². The molecule has 0 aliphatic heterocycles. The Morgan fingerprint density at radius 1 is 0.882 bits per heavy atom. The highest BCUT2D eigenvalue weighted by Gasteiger charge is 2.24. The van der Waals surface area contributed by atoms with Crippen LogP contribution in [0.2, 0.25) is 0 Å². The van der Waals surface area contributed by atoms with Crippen molar-refractivity contribution in [2.75, 3.05) is 12.4 Å². The SMILES string of the molecule is COc1ccc(OC(C)c2nnc(SC(C)C(=O)Nc3ccccc3)n2-c2ccccc2)cc1. The van der Waals surface area contributed by atoms with E-state index in [9.17, 15) is 4.79 Å². The number of amides is 1. The maximum absolute atomic E-state index is 12.8. The summed E-state index contributed by atoms with van der Waals surface area (Å²) in [5, 5.41) is 12.0. The van der Waals surface area contributed by atoms with Crippen molar-refractivity contribution in [3.8, 4) is 17.2 Å². The summed E-state index contributed by atoms with van der Waals surface area (Å²) in [6, 6.07) is 26.6. The predicted octanol–water partition coefficient (Wildman–Crippen LogP) is 5.54. The van der Waals surface area contributed by atoms with E-state index in [0.717, 1.165) is 17.1 Å². The Balaban J connectivity index is 1.57. The first-order chi connectivity index (χ1) is 16.5. The lowest BCUT2D eigenvalue weighted by Crippen LogP contribution is -2.23. The molecular weight excluding hydrogens is 448 g/mol. The van der Waals surface area contributed by atoms with E-state index in [-0.39, 0.29) is 12.0 Å². The number of carbonyl (C=O) groups excluding carboxylic acids is 1. The molecule has 2 atom stereocenters. The second-order valence-corrected chi connectivity index (χ2v) is 8.87. The van der Waals surface area contributed by atoms with Gasteiger partial charge in [-0.1, -0.05) is 48.2 Å². The van der Waals surface area contributed by atoms with Gasteiger partial charge in [-0.25, -0.2) is 0 Å². The standard InChI is InChI=1S/C26H26N4O3S/c1-18(33-23-16-14-22(32-3)15-17-23)24-28-29-26(30(24)21-12-8-5-9-13-21)34-19(2)25(31)27-20-10-6-4-7-11-20/h4-19H,1-3H3,(H,27,31). The lowest BCUT2D eigenvalue weighted by Gasteiger charge is -2.18. The minimum atomic E-state index is -0.391. The van der Waals surface area contributed by atoms with Gasteiger partial charge in [-0.15, -0.1) is 10.2 Å². The van der Waals surface area contributed by atoms with Gasteiger partial charge in [0.25, 0.3) is 0 Å².